The predicted molar refractivity (Wildman–Crippen MR) is 98.6 cm³/mol. The fraction of sp³-hybridized carbons (Fsp3) is 0.400. The zero-order valence-electron chi connectivity index (χ0n) is 13.8. The van der Waals surface area contributed by atoms with Crippen molar-refractivity contribution in [2.75, 3.05) is 12.3 Å². The summed E-state index contributed by atoms with van der Waals surface area (Å²) in [5.41, 5.74) is 0. The van der Waals surface area contributed by atoms with Gasteiger partial charge < -0.3 is 17.0 Å². The average Bonchev–Trinajstić information content (AvgIpc) is 2.57. The minimum absolute atomic E-state index is 0. The van der Waals surface area contributed by atoms with Crippen molar-refractivity contribution in [2.24, 2.45) is 0 Å². The summed E-state index contributed by atoms with van der Waals surface area (Å²) < 4.78 is 0. The molecule has 0 saturated carbocycles. The summed E-state index contributed by atoms with van der Waals surface area (Å²) >= 11 is 0. The van der Waals surface area contributed by atoms with Gasteiger partial charge in [-0.05, 0) is 37.1 Å². The van der Waals surface area contributed by atoms with E-state index in [4.69, 9.17) is 0 Å². The van der Waals surface area contributed by atoms with Crippen LogP contribution in [-0.2, 0) is 0 Å². The Labute approximate surface area is 147 Å². The number of benzene rings is 2. The van der Waals surface area contributed by atoms with E-state index in [1.165, 1.54) is 38.0 Å². The van der Waals surface area contributed by atoms with Gasteiger partial charge in [0.05, 0.1) is 30.2 Å². The molecule has 0 unspecified atom stereocenters. The summed E-state index contributed by atoms with van der Waals surface area (Å²) in [5.74, 6) is 0. The first-order valence-corrected chi connectivity index (χ1v) is 10.5. The predicted octanol–water partition coefficient (Wildman–Crippen LogP) is 2.26. The number of hydrogen-bond donors (Lipinski definition) is 0. The van der Waals surface area contributed by atoms with Crippen molar-refractivity contribution in [1.82, 2.24) is 0 Å². The monoisotopic (exact) mass is 378 g/mol. The van der Waals surface area contributed by atoms with Crippen molar-refractivity contribution < 1.29 is 17.0 Å². The van der Waals surface area contributed by atoms with Gasteiger partial charge in [-0.25, -0.2) is 0 Å². The summed E-state index contributed by atoms with van der Waals surface area (Å²) in [5, 5.41) is 3.19. The van der Waals surface area contributed by atoms with Crippen LogP contribution in [0.5, 0.6) is 0 Å². The molecule has 2 heteroatoms. The van der Waals surface area contributed by atoms with Gasteiger partial charge >= 0.3 is 0 Å². The summed E-state index contributed by atoms with van der Waals surface area (Å²) in [6, 6.07) is 22.6. The Kier molecular flexibility index (Phi) is 8.98. The summed E-state index contributed by atoms with van der Waals surface area (Å²) in [7, 11) is -1.23. The molecule has 0 aromatic heterocycles. The second-order valence-corrected chi connectivity index (χ2v) is 9.66. The summed E-state index contributed by atoms with van der Waals surface area (Å²) in [4.78, 5) is 0. The first-order valence-electron chi connectivity index (χ1n) is 8.32. The second-order valence-electron chi connectivity index (χ2n) is 5.79. The molecule has 0 radical (unpaired) electrons. The molecular formula is C20H28BrP. The highest BCUT2D eigenvalue weighted by atomic mass is 79.9. The number of hydrogen-bond acceptors (Lipinski definition) is 0. The largest absolute Gasteiger partial charge is 1.00 e. The maximum absolute atomic E-state index is 2.37. The molecule has 0 fully saturated rings. The van der Waals surface area contributed by atoms with E-state index in [9.17, 15) is 0 Å². The highest BCUT2D eigenvalue weighted by molar-refractivity contribution is 7.89. The topological polar surface area (TPSA) is 0 Å². The van der Waals surface area contributed by atoms with E-state index in [0.29, 0.717) is 0 Å². The van der Waals surface area contributed by atoms with Gasteiger partial charge in [0, 0.05) is 0 Å². The molecule has 0 aliphatic carbocycles. The maximum atomic E-state index is 2.37. The smallest absolute Gasteiger partial charge is 0.0991 e. The first-order chi connectivity index (χ1) is 10.3. The van der Waals surface area contributed by atoms with Crippen molar-refractivity contribution >= 4 is 17.9 Å². The summed E-state index contributed by atoms with van der Waals surface area (Å²) in [6.07, 6.45) is 7.96. The lowest BCUT2D eigenvalue weighted by Crippen LogP contribution is -3.00. The standard InChI is InChI=1S/C20H28P.BrH/c1-3-5-17-21(18-6-4-2,19-13-9-7-10-14-19)20-15-11-8-12-16-20;/h7-16H,3-6,17-18H2,1-2H3;1H/q+1;/p-1. The van der Waals surface area contributed by atoms with E-state index in [0.717, 1.165) is 0 Å². The normalized spacial score (nSPS) is 11.0. The van der Waals surface area contributed by atoms with Crippen LogP contribution >= 0.6 is 7.26 Å². The minimum Gasteiger partial charge on any atom is -1.00 e. The third kappa shape index (κ3) is 4.67. The molecular weight excluding hydrogens is 351 g/mol. The van der Waals surface area contributed by atoms with Gasteiger partial charge in [-0.1, -0.05) is 63.1 Å². The van der Waals surface area contributed by atoms with Crippen molar-refractivity contribution in [2.45, 2.75) is 39.5 Å². The van der Waals surface area contributed by atoms with Crippen LogP contribution in [0.25, 0.3) is 0 Å². The van der Waals surface area contributed by atoms with Crippen LogP contribution in [0.1, 0.15) is 39.5 Å². The van der Waals surface area contributed by atoms with E-state index in [-0.39, 0.29) is 17.0 Å². The Morgan fingerprint density at radius 1 is 0.636 bits per heavy atom. The molecule has 0 spiro atoms. The van der Waals surface area contributed by atoms with E-state index in [1.54, 1.807) is 10.6 Å². The van der Waals surface area contributed by atoms with Crippen LogP contribution in [0.15, 0.2) is 60.7 Å². The SMILES string of the molecule is CCCC[P+](CCCC)(c1ccccc1)c1ccccc1.[Br-]. The molecule has 0 N–H and O–H groups in total. The Morgan fingerprint density at radius 3 is 1.32 bits per heavy atom. The van der Waals surface area contributed by atoms with Crippen molar-refractivity contribution in [3.63, 3.8) is 0 Å². The van der Waals surface area contributed by atoms with Crippen molar-refractivity contribution in [1.29, 1.82) is 0 Å². The number of halogens is 1. The fourth-order valence-electron chi connectivity index (χ4n) is 3.06. The van der Waals surface area contributed by atoms with Crippen molar-refractivity contribution in [3.8, 4) is 0 Å². The van der Waals surface area contributed by atoms with Gasteiger partial charge in [-0.2, -0.15) is 0 Å². The zero-order valence-corrected chi connectivity index (χ0v) is 16.3. The minimum atomic E-state index is -1.23. The van der Waals surface area contributed by atoms with E-state index >= 15 is 0 Å². The van der Waals surface area contributed by atoms with Crippen molar-refractivity contribution in [3.05, 3.63) is 60.7 Å². The van der Waals surface area contributed by atoms with Gasteiger partial charge in [0.1, 0.15) is 0 Å². The lowest BCUT2D eigenvalue weighted by Gasteiger charge is -2.27. The van der Waals surface area contributed by atoms with Crippen LogP contribution in [0.2, 0.25) is 0 Å². The molecule has 0 nitrogen and oxygen atoms in total. The van der Waals surface area contributed by atoms with Gasteiger partial charge in [0.25, 0.3) is 0 Å². The Bertz CT molecular complexity index is 460. The molecule has 2 aromatic carbocycles. The van der Waals surface area contributed by atoms with E-state index in [2.05, 4.69) is 74.5 Å². The Hall–Kier alpha value is -0.650. The van der Waals surface area contributed by atoms with Crippen LogP contribution in [-0.4, -0.2) is 12.3 Å². The maximum Gasteiger partial charge on any atom is 0.0991 e. The molecule has 0 aliphatic rings. The first kappa shape index (κ1) is 19.4. The zero-order chi connectivity index (χ0) is 15.0. The second kappa shape index (κ2) is 10.2. The molecule has 0 saturated heterocycles. The number of rotatable bonds is 8. The molecule has 0 amide bonds. The van der Waals surface area contributed by atoms with Crippen LogP contribution in [0.4, 0.5) is 0 Å². The van der Waals surface area contributed by atoms with Gasteiger partial charge in [-0.15, -0.1) is 0 Å². The molecule has 22 heavy (non-hydrogen) atoms. The number of unbranched alkanes of at least 4 members (excludes halogenated alkanes) is 2. The Morgan fingerprint density at radius 2 is 1.00 bits per heavy atom. The fourth-order valence-corrected chi connectivity index (χ4v) is 7.81. The van der Waals surface area contributed by atoms with E-state index in [1.807, 2.05) is 0 Å². The lowest BCUT2D eigenvalue weighted by molar-refractivity contribution is -0.00000437. The third-order valence-electron chi connectivity index (χ3n) is 4.29. The van der Waals surface area contributed by atoms with Gasteiger partial charge in [0.15, 0.2) is 0 Å². The molecule has 2 rings (SSSR count). The van der Waals surface area contributed by atoms with Crippen LogP contribution in [0.3, 0.4) is 0 Å². The lowest BCUT2D eigenvalue weighted by atomic mass is 10.4. The molecule has 0 bridgehead atoms. The average molecular weight is 379 g/mol. The summed E-state index contributed by atoms with van der Waals surface area (Å²) in [6.45, 7) is 4.62. The molecule has 2 aromatic rings. The third-order valence-corrected chi connectivity index (χ3v) is 9.02. The molecule has 0 aliphatic heterocycles. The van der Waals surface area contributed by atoms with E-state index < -0.39 is 7.26 Å². The molecule has 0 heterocycles. The van der Waals surface area contributed by atoms with Crippen LogP contribution in [0, 0.1) is 0 Å². The van der Waals surface area contributed by atoms with Gasteiger partial charge in [0.2, 0.25) is 0 Å². The highest BCUT2D eigenvalue weighted by Gasteiger charge is 2.40. The highest BCUT2D eigenvalue weighted by Crippen LogP contribution is 2.57. The Balaban J connectivity index is 0.00000242. The quantitative estimate of drug-likeness (QED) is 0.618. The van der Waals surface area contributed by atoms with Gasteiger partial charge in [-0.3, -0.25) is 0 Å². The van der Waals surface area contributed by atoms with Crippen LogP contribution < -0.4 is 27.6 Å². The molecule has 0 atom stereocenters. The molecule has 120 valence electrons.